The summed E-state index contributed by atoms with van der Waals surface area (Å²) < 4.78 is 44.4. The largest absolute Gasteiger partial charge is 1.00 e. The summed E-state index contributed by atoms with van der Waals surface area (Å²) in [7, 11) is -2.59. The Bertz CT molecular complexity index is 1220. The zero-order valence-electron chi connectivity index (χ0n) is 18.5. The van der Waals surface area contributed by atoms with Crippen LogP contribution in [0.25, 0.3) is 11.0 Å². The van der Waals surface area contributed by atoms with Crippen molar-refractivity contribution in [2.24, 2.45) is 10.9 Å². The second-order valence-corrected chi connectivity index (χ2v) is 9.01. The number of benzene rings is 1. The number of hydrogen-bond acceptors (Lipinski definition) is 8. The SMILES string of the molecule is COC(N)c1cc2cnc(Nc3ccc(S(N)(=O)=O)c(F)c3)nc2n1[C-]1CCCCC1.[K+].[OH-]. The zero-order chi connectivity index (χ0) is 22.2. The Morgan fingerprint density at radius 3 is 2.55 bits per heavy atom. The monoisotopic (exact) mass is 503 g/mol. The summed E-state index contributed by atoms with van der Waals surface area (Å²) in [6.45, 7) is 0. The molecule has 0 amide bonds. The Hall–Kier alpha value is -1.13. The van der Waals surface area contributed by atoms with Gasteiger partial charge in [0.2, 0.25) is 16.0 Å². The van der Waals surface area contributed by atoms with Gasteiger partial charge in [0.1, 0.15) is 16.9 Å². The first kappa shape index (κ1) is 28.1. The number of halogens is 1. The quantitative estimate of drug-likeness (QED) is 0.235. The number of sulfonamides is 1. The van der Waals surface area contributed by atoms with Gasteiger partial charge in [-0.25, -0.2) is 22.9 Å². The smallest absolute Gasteiger partial charge is 0.870 e. The molecule has 0 aliphatic heterocycles. The van der Waals surface area contributed by atoms with Crippen molar-refractivity contribution >= 4 is 32.7 Å². The fourth-order valence-corrected chi connectivity index (χ4v) is 4.44. The summed E-state index contributed by atoms with van der Waals surface area (Å²) in [6, 6.07) is 6.67. The van der Waals surface area contributed by atoms with E-state index in [1.807, 2.05) is 10.6 Å². The second-order valence-electron chi connectivity index (χ2n) is 7.48. The van der Waals surface area contributed by atoms with Crippen molar-refractivity contribution in [3.63, 3.8) is 0 Å². The maximum Gasteiger partial charge on any atom is 1.00 e. The predicted octanol–water partition coefficient (Wildman–Crippen LogP) is -0.264. The molecule has 3 aromatic rings. The van der Waals surface area contributed by atoms with Crippen LogP contribution >= 0.6 is 0 Å². The van der Waals surface area contributed by atoms with Crippen LogP contribution in [0.15, 0.2) is 35.4 Å². The zero-order valence-corrected chi connectivity index (χ0v) is 22.4. The Morgan fingerprint density at radius 2 is 1.94 bits per heavy atom. The van der Waals surface area contributed by atoms with E-state index >= 15 is 0 Å². The third-order valence-corrected chi connectivity index (χ3v) is 6.30. The number of fused-ring (bicyclic) bond motifs is 1. The van der Waals surface area contributed by atoms with E-state index in [0.29, 0.717) is 11.3 Å². The minimum absolute atomic E-state index is 0. The van der Waals surface area contributed by atoms with Crippen LogP contribution < -0.4 is 67.6 Å². The van der Waals surface area contributed by atoms with Crippen LogP contribution in [0.3, 0.4) is 0 Å². The Balaban J connectivity index is 0.00000193. The average molecular weight is 504 g/mol. The van der Waals surface area contributed by atoms with Gasteiger partial charge >= 0.3 is 51.4 Å². The van der Waals surface area contributed by atoms with Crippen molar-refractivity contribution in [1.82, 2.24) is 14.5 Å². The van der Waals surface area contributed by atoms with Crippen LogP contribution in [-0.2, 0) is 14.8 Å². The third kappa shape index (κ3) is 6.11. The first-order valence-electron chi connectivity index (χ1n) is 9.89. The van der Waals surface area contributed by atoms with Crippen LogP contribution in [0, 0.1) is 11.9 Å². The van der Waals surface area contributed by atoms with Gasteiger partial charge in [-0.15, -0.1) is 6.04 Å². The molecule has 1 aliphatic carbocycles. The van der Waals surface area contributed by atoms with Crippen molar-refractivity contribution in [2.45, 2.75) is 43.2 Å². The normalized spacial score (nSPS) is 15.0. The molecule has 1 unspecified atom stereocenters. The first-order chi connectivity index (χ1) is 14.8. The van der Waals surface area contributed by atoms with Crippen LogP contribution in [0.5, 0.6) is 0 Å². The molecule has 1 saturated carbocycles. The van der Waals surface area contributed by atoms with Gasteiger partial charge in [0.25, 0.3) is 0 Å². The van der Waals surface area contributed by atoms with Crippen molar-refractivity contribution in [3.05, 3.63) is 48.0 Å². The van der Waals surface area contributed by atoms with Gasteiger partial charge in [-0.1, -0.05) is 38.2 Å². The van der Waals surface area contributed by atoms with Gasteiger partial charge in [0.05, 0.1) is 0 Å². The number of nitrogens with two attached hydrogens (primary N) is 2. The van der Waals surface area contributed by atoms with Gasteiger partial charge in [0.15, 0.2) is 0 Å². The number of nitrogens with one attached hydrogen (secondary N) is 1. The Morgan fingerprint density at radius 1 is 1.24 bits per heavy atom. The molecule has 13 heteroatoms. The Kier molecular flexibility index (Phi) is 9.82. The molecular formula is C20H25FKN6O4S-. The van der Waals surface area contributed by atoms with Gasteiger partial charge in [-0.05, 0) is 29.3 Å². The summed E-state index contributed by atoms with van der Waals surface area (Å²) >= 11 is 0. The number of methoxy groups -OCH3 is 1. The van der Waals surface area contributed by atoms with E-state index in [1.165, 1.54) is 18.5 Å². The predicted molar refractivity (Wildman–Crippen MR) is 116 cm³/mol. The minimum Gasteiger partial charge on any atom is -0.870 e. The summed E-state index contributed by atoms with van der Waals surface area (Å²) in [5.74, 6) is -0.716. The molecule has 1 atom stereocenters. The van der Waals surface area contributed by atoms with E-state index in [9.17, 15) is 12.8 Å². The first-order valence-corrected chi connectivity index (χ1v) is 11.4. The van der Waals surface area contributed by atoms with E-state index in [4.69, 9.17) is 15.6 Å². The molecule has 1 aromatic carbocycles. The topological polar surface area (TPSA) is 168 Å². The second kappa shape index (κ2) is 11.5. The van der Waals surface area contributed by atoms with Gasteiger partial charge in [0, 0.05) is 24.6 Å². The number of hydrogen-bond donors (Lipinski definition) is 3. The molecule has 0 spiro atoms. The summed E-state index contributed by atoms with van der Waals surface area (Å²) in [5.41, 5.74) is 7.94. The molecular weight excluding hydrogens is 478 g/mol. The van der Waals surface area contributed by atoms with Crippen molar-refractivity contribution in [1.29, 1.82) is 0 Å². The molecule has 1 fully saturated rings. The standard InChI is InChI=1S/C20H24FN6O3S.K.H2O/c1-30-18(22)16-9-12-11-24-20(26-19(12)27(16)14-5-3-2-4-6-14)25-13-7-8-17(15(21)10-13)31(23,28)29;;/h7-11,18H,2-6,22H2,1H3,(H2,23,28,29)(H,24,25,26);;1H2/q-1;+1;/p-1. The number of aromatic nitrogens is 3. The number of ether oxygens (including phenoxy) is 1. The maximum atomic E-state index is 14.2. The van der Waals surface area contributed by atoms with E-state index in [0.717, 1.165) is 48.9 Å². The van der Waals surface area contributed by atoms with Crippen molar-refractivity contribution in [2.75, 3.05) is 12.4 Å². The Labute approximate surface area is 234 Å². The number of anilines is 2. The van der Waals surface area contributed by atoms with Gasteiger partial charge < -0.3 is 25.8 Å². The molecule has 10 nitrogen and oxygen atoms in total. The van der Waals surface area contributed by atoms with Crippen LogP contribution in [0.4, 0.5) is 16.0 Å². The molecule has 2 heterocycles. The van der Waals surface area contributed by atoms with E-state index in [2.05, 4.69) is 15.3 Å². The maximum absolute atomic E-state index is 14.2. The fraction of sp³-hybridized carbons (Fsp3) is 0.350. The van der Waals surface area contributed by atoms with Crippen molar-refractivity contribution in [3.8, 4) is 0 Å². The molecule has 2 aromatic heterocycles. The number of nitrogens with zero attached hydrogens (tertiary/aromatic N) is 3. The molecule has 0 bridgehead atoms. The molecule has 6 N–H and O–H groups in total. The molecule has 0 saturated heterocycles. The van der Waals surface area contributed by atoms with Crippen LogP contribution in [0.1, 0.15) is 44.0 Å². The summed E-state index contributed by atoms with van der Waals surface area (Å²) in [6.07, 6.45) is 6.33. The van der Waals surface area contributed by atoms with Gasteiger partial charge in [-0.3, -0.25) is 4.98 Å². The third-order valence-electron chi connectivity index (χ3n) is 5.36. The molecule has 33 heavy (non-hydrogen) atoms. The average Bonchev–Trinajstić information content (AvgIpc) is 3.11. The molecule has 1 aliphatic rings. The van der Waals surface area contributed by atoms with Crippen molar-refractivity contribution < 1.29 is 74.4 Å². The molecule has 174 valence electrons. The fourth-order valence-electron chi connectivity index (χ4n) is 3.85. The minimum atomic E-state index is -4.14. The number of rotatable bonds is 6. The van der Waals surface area contributed by atoms with E-state index < -0.39 is 27.0 Å². The van der Waals surface area contributed by atoms with E-state index in [1.54, 1.807) is 13.3 Å². The molecule has 0 radical (unpaired) electrons. The van der Waals surface area contributed by atoms with E-state index in [-0.39, 0.29) is 62.8 Å². The number of primary sulfonamides is 1. The van der Waals surface area contributed by atoms with Gasteiger partial charge in [-0.2, -0.15) is 0 Å². The summed E-state index contributed by atoms with van der Waals surface area (Å²) in [4.78, 5) is 8.35. The van der Waals surface area contributed by atoms with Crippen LogP contribution in [-0.4, -0.2) is 35.5 Å². The molecule has 4 rings (SSSR count). The summed E-state index contributed by atoms with van der Waals surface area (Å²) in [5, 5.41) is 8.73. The van der Waals surface area contributed by atoms with Crippen LogP contribution in [0.2, 0.25) is 0 Å².